The van der Waals surface area contributed by atoms with Crippen LogP contribution >= 0.6 is 44.3 Å². The highest BCUT2D eigenvalue weighted by molar-refractivity contribution is 9.11. The Morgan fingerprint density at radius 1 is 1.26 bits per heavy atom. The summed E-state index contributed by atoms with van der Waals surface area (Å²) in [6.07, 6.45) is 0. The summed E-state index contributed by atoms with van der Waals surface area (Å²) in [5, 5.41) is 12.9. The van der Waals surface area contributed by atoms with Crippen molar-refractivity contribution >= 4 is 44.3 Å². The number of hydrogen-bond donors (Lipinski definition) is 2. The molecule has 0 aromatic heterocycles. The Labute approximate surface area is 135 Å². The van der Waals surface area contributed by atoms with E-state index in [1.807, 2.05) is 0 Å². The average molecular weight is 419 g/mol. The van der Waals surface area contributed by atoms with Gasteiger partial charge in [0.2, 0.25) is 0 Å². The molecule has 3 nitrogen and oxygen atoms in total. The summed E-state index contributed by atoms with van der Waals surface area (Å²) in [4.78, 5) is 2.13. The maximum Gasteiger partial charge on any atom is 0.143 e. The zero-order valence-corrected chi connectivity index (χ0v) is 14.2. The van der Waals surface area contributed by atoms with Gasteiger partial charge in [-0.3, -0.25) is 4.90 Å². The first-order valence-electron chi connectivity index (χ1n) is 5.82. The van der Waals surface area contributed by atoms with E-state index in [1.54, 1.807) is 12.1 Å². The van der Waals surface area contributed by atoms with Crippen LogP contribution < -0.4 is 5.32 Å². The molecule has 2 N–H and O–H groups in total. The minimum atomic E-state index is -0.427. The first-order chi connectivity index (χ1) is 8.63. The number of alkyl halides is 1. The van der Waals surface area contributed by atoms with E-state index in [4.69, 9.17) is 0 Å². The van der Waals surface area contributed by atoms with Crippen LogP contribution in [0.3, 0.4) is 0 Å². The van der Waals surface area contributed by atoms with E-state index in [1.165, 1.54) is 0 Å². The first kappa shape index (κ1) is 17.2. The number of nitrogens with zero attached hydrogens (tertiary/aromatic N) is 1. The molecule has 2 rings (SSSR count). The molecule has 0 bridgehead atoms. The van der Waals surface area contributed by atoms with Crippen molar-refractivity contribution < 1.29 is 9.50 Å². The van der Waals surface area contributed by atoms with Crippen LogP contribution in [0.25, 0.3) is 0 Å². The van der Waals surface area contributed by atoms with Gasteiger partial charge >= 0.3 is 0 Å². The van der Waals surface area contributed by atoms with Crippen molar-refractivity contribution in [2.75, 3.05) is 32.9 Å². The van der Waals surface area contributed by atoms with Gasteiger partial charge in [-0.1, -0.05) is 0 Å². The fourth-order valence-corrected chi connectivity index (χ4v) is 3.39. The van der Waals surface area contributed by atoms with Crippen molar-refractivity contribution in [2.24, 2.45) is 0 Å². The topological polar surface area (TPSA) is 35.5 Å². The zero-order valence-electron chi connectivity index (χ0n) is 10.2. The second kappa shape index (κ2) is 7.78. The van der Waals surface area contributed by atoms with Gasteiger partial charge in [-0.25, -0.2) is 4.39 Å². The van der Waals surface area contributed by atoms with Crippen molar-refractivity contribution in [3.63, 3.8) is 0 Å². The maximum absolute atomic E-state index is 13.3. The highest BCUT2D eigenvalue weighted by Crippen LogP contribution is 2.36. The average Bonchev–Trinajstić information content (AvgIpc) is 2.38. The molecule has 1 fully saturated rings. The number of phenols is 1. The Bertz CT molecular complexity index is 407. The summed E-state index contributed by atoms with van der Waals surface area (Å²) in [7, 11) is 0. The van der Waals surface area contributed by atoms with E-state index in [2.05, 4.69) is 42.1 Å². The molecule has 0 saturated carbocycles. The molecule has 7 heteroatoms. The summed E-state index contributed by atoms with van der Waals surface area (Å²) >= 11 is 6.57. The fourth-order valence-electron chi connectivity index (χ4n) is 2.17. The lowest BCUT2D eigenvalue weighted by molar-refractivity contribution is 0.147. The third kappa shape index (κ3) is 4.04. The molecule has 1 aliphatic rings. The van der Waals surface area contributed by atoms with Crippen LogP contribution in [-0.4, -0.2) is 42.9 Å². The maximum atomic E-state index is 13.3. The first-order valence-corrected chi connectivity index (χ1v) is 7.40. The number of phenolic OH excluding ortho intramolecular Hbond substituents is 1. The number of rotatable bonds is 3. The SMILES string of the molecule is Cl.Oc1c(Br)cc([C@H](CF)N2CCNCC2)cc1Br. The molecule has 0 aliphatic carbocycles. The van der Waals surface area contributed by atoms with E-state index < -0.39 is 6.67 Å². The minimum absolute atomic E-state index is 0. The van der Waals surface area contributed by atoms with E-state index in [9.17, 15) is 9.50 Å². The van der Waals surface area contributed by atoms with E-state index in [0.29, 0.717) is 8.95 Å². The number of hydrogen-bond acceptors (Lipinski definition) is 3. The molecular weight excluding hydrogens is 402 g/mol. The van der Waals surface area contributed by atoms with E-state index in [0.717, 1.165) is 31.7 Å². The second-order valence-corrected chi connectivity index (χ2v) is 6.00. The van der Waals surface area contributed by atoms with E-state index in [-0.39, 0.29) is 24.2 Å². The van der Waals surface area contributed by atoms with Gasteiger partial charge < -0.3 is 10.4 Å². The monoisotopic (exact) mass is 416 g/mol. The summed E-state index contributed by atoms with van der Waals surface area (Å²) in [6, 6.07) is 3.32. The lowest BCUT2D eigenvalue weighted by atomic mass is 10.1. The molecule has 0 radical (unpaired) electrons. The standard InChI is InChI=1S/C12H15Br2FN2O.ClH/c13-9-5-8(6-10(14)12(9)18)11(7-15)17-3-1-16-2-4-17;/h5-6,11,16,18H,1-4,7H2;1H/t11-;/m0./s1. The van der Waals surface area contributed by atoms with Gasteiger partial charge in [0.25, 0.3) is 0 Å². The lowest BCUT2D eigenvalue weighted by Crippen LogP contribution is -2.45. The number of piperazine rings is 1. The molecule has 0 amide bonds. The van der Waals surface area contributed by atoms with E-state index >= 15 is 0 Å². The molecule has 108 valence electrons. The molecule has 1 atom stereocenters. The smallest absolute Gasteiger partial charge is 0.143 e. The molecule has 1 aliphatic heterocycles. The summed E-state index contributed by atoms with van der Waals surface area (Å²) in [5.74, 6) is 0.150. The lowest BCUT2D eigenvalue weighted by Gasteiger charge is -2.33. The summed E-state index contributed by atoms with van der Waals surface area (Å²) in [6.45, 7) is 3.02. The normalized spacial score (nSPS) is 17.8. The van der Waals surface area contributed by atoms with Gasteiger partial charge in [0.1, 0.15) is 12.4 Å². The quantitative estimate of drug-likeness (QED) is 0.791. The van der Waals surface area contributed by atoms with Gasteiger partial charge in [-0.2, -0.15) is 0 Å². The largest absolute Gasteiger partial charge is 0.506 e. The van der Waals surface area contributed by atoms with Crippen molar-refractivity contribution in [1.82, 2.24) is 10.2 Å². The highest BCUT2D eigenvalue weighted by atomic mass is 79.9. The predicted octanol–water partition coefficient (Wildman–Crippen LogP) is 3.25. The number of aromatic hydroxyl groups is 1. The molecule has 1 heterocycles. The third-order valence-corrected chi connectivity index (χ3v) is 4.37. The molecule has 1 aromatic carbocycles. The van der Waals surface area contributed by atoms with Crippen molar-refractivity contribution in [1.29, 1.82) is 0 Å². The van der Waals surface area contributed by atoms with Crippen LogP contribution in [0.4, 0.5) is 4.39 Å². The predicted molar refractivity (Wildman–Crippen MR) is 83.9 cm³/mol. The summed E-state index contributed by atoms with van der Waals surface area (Å²) < 4.78 is 14.5. The Kier molecular flexibility index (Phi) is 7.04. The van der Waals surface area contributed by atoms with Crippen LogP contribution in [0.15, 0.2) is 21.1 Å². The Morgan fingerprint density at radius 2 is 1.79 bits per heavy atom. The fraction of sp³-hybridized carbons (Fsp3) is 0.500. The molecule has 0 unspecified atom stereocenters. The van der Waals surface area contributed by atoms with Gasteiger partial charge in [0, 0.05) is 26.2 Å². The Balaban J connectivity index is 0.00000180. The van der Waals surface area contributed by atoms with Gasteiger partial charge in [-0.15, -0.1) is 12.4 Å². The van der Waals surface area contributed by atoms with Gasteiger partial charge in [0.15, 0.2) is 0 Å². The van der Waals surface area contributed by atoms with Gasteiger partial charge in [-0.05, 0) is 49.6 Å². The van der Waals surface area contributed by atoms with Crippen LogP contribution in [0.5, 0.6) is 5.75 Å². The van der Waals surface area contributed by atoms with Crippen LogP contribution in [0.1, 0.15) is 11.6 Å². The molecule has 0 spiro atoms. The number of benzene rings is 1. The Morgan fingerprint density at radius 3 is 2.26 bits per heavy atom. The van der Waals surface area contributed by atoms with Crippen molar-refractivity contribution in [3.05, 3.63) is 26.6 Å². The number of nitrogens with one attached hydrogen (secondary N) is 1. The van der Waals surface area contributed by atoms with Crippen molar-refractivity contribution in [2.45, 2.75) is 6.04 Å². The summed E-state index contributed by atoms with van der Waals surface area (Å²) in [5.41, 5.74) is 0.871. The highest BCUT2D eigenvalue weighted by Gasteiger charge is 2.23. The number of halogens is 4. The molecular formula is C12H16Br2ClFN2O. The zero-order chi connectivity index (χ0) is 13.1. The second-order valence-electron chi connectivity index (χ2n) is 4.29. The van der Waals surface area contributed by atoms with Gasteiger partial charge in [0.05, 0.1) is 15.0 Å². The minimum Gasteiger partial charge on any atom is -0.506 e. The Hall–Kier alpha value is 0.120. The van der Waals surface area contributed by atoms with Crippen LogP contribution in [-0.2, 0) is 0 Å². The molecule has 1 aromatic rings. The molecule has 19 heavy (non-hydrogen) atoms. The van der Waals surface area contributed by atoms with Crippen LogP contribution in [0.2, 0.25) is 0 Å². The molecule has 1 saturated heterocycles. The third-order valence-electron chi connectivity index (χ3n) is 3.16. The van der Waals surface area contributed by atoms with Crippen LogP contribution in [0, 0.1) is 0 Å². The van der Waals surface area contributed by atoms with Crippen molar-refractivity contribution in [3.8, 4) is 5.75 Å².